The lowest BCUT2D eigenvalue weighted by Gasteiger charge is -2.06. The average molecular weight is 147 g/mol. The fourth-order valence-corrected chi connectivity index (χ4v) is 0.790. The van der Waals surface area contributed by atoms with Crippen molar-refractivity contribution in [2.75, 3.05) is 12.4 Å². The molecule has 56 valence electrons. The molecule has 0 bridgehead atoms. The Morgan fingerprint density at radius 3 is 2.67 bits per heavy atom. The highest BCUT2D eigenvalue weighted by Gasteiger charge is 1.95. The third kappa shape index (κ3) is 6.19. The van der Waals surface area contributed by atoms with Crippen molar-refractivity contribution in [3.63, 3.8) is 0 Å². The van der Waals surface area contributed by atoms with E-state index >= 15 is 0 Å². The smallest absolute Gasteiger partial charge is 0.0387 e. The van der Waals surface area contributed by atoms with Crippen LogP contribution in [0.3, 0.4) is 0 Å². The van der Waals surface area contributed by atoms with Crippen LogP contribution in [0.4, 0.5) is 0 Å². The highest BCUT2D eigenvalue weighted by molar-refractivity contribution is 7.80. The number of rotatable bonds is 5. The first kappa shape index (κ1) is 9.31. The van der Waals surface area contributed by atoms with Gasteiger partial charge < -0.3 is 5.32 Å². The van der Waals surface area contributed by atoms with Gasteiger partial charge in [-0.15, -0.1) is 0 Å². The van der Waals surface area contributed by atoms with Crippen LogP contribution in [-0.4, -0.2) is 12.4 Å². The summed E-state index contributed by atoms with van der Waals surface area (Å²) in [6.45, 7) is 5.62. The Morgan fingerprint density at radius 2 is 2.22 bits per heavy atom. The van der Waals surface area contributed by atoms with Crippen LogP contribution < -0.4 is 5.32 Å². The highest BCUT2D eigenvalue weighted by Crippen LogP contribution is 2.03. The second kappa shape index (κ2) is 6.43. The lowest BCUT2D eigenvalue weighted by Crippen LogP contribution is -2.14. The Labute approximate surface area is 63.6 Å². The monoisotopic (exact) mass is 147 g/mol. The third-order valence-corrected chi connectivity index (χ3v) is 1.85. The van der Waals surface area contributed by atoms with Crippen LogP contribution in [0.5, 0.6) is 0 Å². The van der Waals surface area contributed by atoms with Crippen LogP contribution in [0.25, 0.3) is 0 Å². The van der Waals surface area contributed by atoms with Gasteiger partial charge in [-0.25, -0.2) is 0 Å². The van der Waals surface area contributed by atoms with Crippen molar-refractivity contribution in [1.82, 2.24) is 5.32 Å². The Morgan fingerprint density at radius 1 is 1.56 bits per heavy atom. The zero-order chi connectivity index (χ0) is 7.11. The van der Waals surface area contributed by atoms with E-state index in [-0.39, 0.29) is 0 Å². The molecule has 0 rings (SSSR count). The SMILES string of the molecule is CCC(C)CCNCS. The van der Waals surface area contributed by atoms with Crippen LogP contribution in [0.2, 0.25) is 0 Å². The van der Waals surface area contributed by atoms with Crippen LogP contribution in [0, 0.1) is 5.92 Å². The normalized spacial score (nSPS) is 13.7. The van der Waals surface area contributed by atoms with Gasteiger partial charge in [-0.1, -0.05) is 20.3 Å². The minimum atomic E-state index is 0.802. The van der Waals surface area contributed by atoms with Gasteiger partial charge in [-0.2, -0.15) is 12.6 Å². The van der Waals surface area contributed by atoms with Gasteiger partial charge in [0.15, 0.2) is 0 Å². The van der Waals surface area contributed by atoms with Crippen molar-refractivity contribution in [3.05, 3.63) is 0 Å². The van der Waals surface area contributed by atoms with Gasteiger partial charge in [0.25, 0.3) is 0 Å². The summed E-state index contributed by atoms with van der Waals surface area (Å²) in [6.07, 6.45) is 2.56. The fourth-order valence-electron chi connectivity index (χ4n) is 0.632. The molecular formula is C7H17NS. The van der Waals surface area contributed by atoms with Crippen LogP contribution in [-0.2, 0) is 0 Å². The second-order valence-corrected chi connectivity index (χ2v) is 2.78. The maximum absolute atomic E-state index is 4.04. The molecule has 1 nitrogen and oxygen atoms in total. The largest absolute Gasteiger partial charge is 0.308 e. The molecule has 9 heavy (non-hydrogen) atoms. The molecule has 0 aliphatic heterocycles. The Bertz CT molecular complexity index is 56.9. The molecule has 0 saturated heterocycles. The van der Waals surface area contributed by atoms with Crippen molar-refractivity contribution >= 4 is 12.6 Å². The zero-order valence-electron chi connectivity index (χ0n) is 6.35. The minimum Gasteiger partial charge on any atom is -0.308 e. The Kier molecular flexibility index (Phi) is 6.65. The molecule has 0 aromatic rings. The van der Waals surface area contributed by atoms with Crippen molar-refractivity contribution in [1.29, 1.82) is 0 Å². The van der Waals surface area contributed by atoms with Gasteiger partial charge in [0.05, 0.1) is 0 Å². The summed E-state index contributed by atoms with van der Waals surface area (Å²) in [7, 11) is 0. The molecule has 0 aliphatic carbocycles. The Balaban J connectivity index is 2.88. The molecular weight excluding hydrogens is 130 g/mol. The lowest BCUT2D eigenvalue weighted by molar-refractivity contribution is 0.501. The fraction of sp³-hybridized carbons (Fsp3) is 1.00. The molecule has 0 saturated carbocycles. The first-order valence-corrected chi connectivity index (χ1v) is 4.26. The molecule has 2 heteroatoms. The first-order valence-electron chi connectivity index (χ1n) is 3.62. The van der Waals surface area contributed by atoms with Crippen LogP contribution in [0.15, 0.2) is 0 Å². The molecule has 0 aromatic heterocycles. The quantitative estimate of drug-likeness (QED) is 0.344. The number of nitrogens with one attached hydrogen (secondary N) is 1. The number of hydrogen-bond acceptors (Lipinski definition) is 2. The van der Waals surface area contributed by atoms with Crippen molar-refractivity contribution in [2.24, 2.45) is 5.92 Å². The van der Waals surface area contributed by atoms with E-state index in [0.29, 0.717) is 0 Å². The molecule has 0 fully saturated rings. The predicted octanol–water partition coefficient (Wildman–Crippen LogP) is 1.90. The molecule has 0 aromatic carbocycles. The molecule has 1 atom stereocenters. The molecule has 1 unspecified atom stereocenters. The van der Waals surface area contributed by atoms with Gasteiger partial charge in [0, 0.05) is 5.88 Å². The lowest BCUT2D eigenvalue weighted by atomic mass is 10.1. The van der Waals surface area contributed by atoms with Crippen LogP contribution in [0.1, 0.15) is 26.7 Å². The van der Waals surface area contributed by atoms with Gasteiger partial charge >= 0.3 is 0 Å². The van der Waals surface area contributed by atoms with Gasteiger partial charge in [-0.05, 0) is 18.9 Å². The van der Waals surface area contributed by atoms with E-state index in [2.05, 4.69) is 31.8 Å². The molecule has 0 heterocycles. The van der Waals surface area contributed by atoms with E-state index in [1.807, 2.05) is 0 Å². The standard InChI is InChI=1S/C7H17NS/c1-3-7(2)4-5-8-6-9/h7-9H,3-6H2,1-2H3. The van der Waals surface area contributed by atoms with Gasteiger partial charge in [-0.3, -0.25) is 0 Å². The van der Waals surface area contributed by atoms with E-state index in [1.165, 1.54) is 12.8 Å². The average Bonchev–Trinajstić information content (AvgIpc) is 1.89. The summed E-state index contributed by atoms with van der Waals surface area (Å²) in [4.78, 5) is 0. The van der Waals surface area contributed by atoms with Crippen molar-refractivity contribution in [2.45, 2.75) is 26.7 Å². The third-order valence-electron chi connectivity index (χ3n) is 1.62. The molecule has 0 amide bonds. The van der Waals surface area contributed by atoms with Crippen molar-refractivity contribution in [3.8, 4) is 0 Å². The molecule has 0 aliphatic rings. The summed E-state index contributed by atoms with van der Waals surface area (Å²) in [6, 6.07) is 0. The van der Waals surface area contributed by atoms with E-state index in [1.54, 1.807) is 0 Å². The summed E-state index contributed by atoms with van der Waals surface area (Å²) >= 11 is 4.04. The molecule has 0 spiro atoms. The van der Waals surface area contributed by atoms with E-state index in [4.69, 9.17) is 0 Å². The Hall–Kier alpha value is 0.310. The van der Waals surface area contributed by atoms with E-state index in [0.717, 1.165) is 18.3 Å². The minimum absolute atomic E-state index is 0.802. The van der Waals surface area contributed by atoms with Gasteiger partial charge in [0.2, 0.25) is 0 Å². The van der Waals surface area contributed by atoms with Crippen molar-refractivity contribution < 1.29 is 0 Å². The highest BCUT2D eigenvalue weighted by atomic mass is 32.1. The summed E-state index contributed by atoms with van der Waals surface area (Å²) in [5.41, 5.74) is 0. The maximum Gasteiger partial charge on any atom is 0.0387 e. The van der Waals surface area contributed by atoms with Crippen LogP contribution >= 0.6 is 12.6 Å². The van der Waals surface area contributed by atoms with E-state index in [9.17, 15) is 0 Å². The van der Waals surface area contributed by atoms with Gasteiger partial charge in [0.1, 0.15) is 0 Å². The number of hydrogen-bond donors (Lipinski definition) is 2. The summed E-state index contributed by atoms with van der Waals surface area (Å²) in [5, 5.41) is 3.18. The maximum atomic E-state index is 4.04. The predicted molar refractivity (Wildman–Crippen MR) is 45.9 cm³/mol. The summed E-state index contributed by atoms with van der Waals surface area (Å²) in [5.74, 6) is 1.66. The topological polar surface area (TPSA) is 12.0 Å². The second-order valence-electron chi connectivity index (χ2n) is 2.46. The zero-order valence-corrected chi connectivity index (χ0v) is 7.25. The first-order chi connectivity index (χ1) is 4.31. The van der Waals surface area contributed by atoms with E-state index < -0.39 is 0 Å². The molecule has 0 radical (unpaired) electrons. The number of thiol groups is 1. The molecule has 1 N–H and O–H groups in total. The summed E-state index contributed by atoms with van der Waals surface area (Å²) < 4.78 is 0.